The first-order valence-corrected chi connectivity index (χ1v) is 12.5. The van der Waals surface area contributed by atoms with E-state index >= 15 is 0 Å². The summed E-state index contributed by atoms with van der Waals surface area (Å²) in [4.78, 5) is 12.6. The summed E-state index contributed by atoms with van der Waals surface area (Å²) in [7, 11) is -0.906. The zero-order chi connectivity index (χ0) is 16.6. The fourth-order valence-electron chi connectivity index (χ4n) is 3.35. The number of benzene rings is 1. The molecule has 0 saturated heterocycles. The molecule has 0 fully saturated rings. The first-order valence-electron chi connectivity index (χ1n) is 7.78. The molecule has 1 aliphatic rings. The molecule has 0 radical (unpaired) electrons. The number of amides is 1. The molecule has 1 aliphatic carbocycles. The number of carbonyl (C=O) groups excluding carboxylic acids is 1. The molecule has 1 N–H and O–H groups in total. The van der Waals surface area contributed by atoms with Crippen LogP contribution < -0.4 is 3.30 Å². The molecule has 0 bridgehead atoms. The van der Waals surface area contributed by atoms with Gasteiger partial charge < -0.3 is 0 Å². The average molecular weight is 477 g/mol. The van der Waals surface area contributed by atoms with Gasteiger partial charge in [-0.05, 0) is 0 Å². The first kappa shape index (κ1) is 17.6. The number of rotatable bonds is 3. The Kier molecular flexibility index (Phi) is 5.44. The molecule has 0 aliphatic heterocycles. The van der Waals surface area contributed by atoms with E-state index in [0.29, 0.717) is 24.7 Å². The molecule has 0 unspecified atom stereocenters. The van der Waals surface area contributed by atoms with Crippen LogP contribution in [0.15, 0.2) is 17.3 Å². The van der Waals surface area contributed by atoms with Crippen LogP contribution in [-0.2, 0) is 24.7 Å². The molecule has 4 heteroatoms. The van der Waals surface area contributed by atoms with E-state index in [1.54, 1.807) is 0 Å². The van der Waals surface area contributed by atoms with Gasteiger partial charge in [0.25, 0.3) is 0 Å². The van der Waals surface area contributed by atoms with E-state index < -0.39 is 8.80 Å². The van der Waals surface area contributed by atoms with Gasteiger partial charge in [-0.3, -0.25) is 0 Å². The average Bonchev–Trinajstić information content (AvgIpc) is 2.97. The Hall–Kier alpha value is -0.743. The quantitative estimate of drug-likeness (QED) is 0.660. The van der Waals surface area contributed by atoms with Gasteiger partial charge in [0.1, 0.15) is 0 Å². The number of hydrogen-bond acceptors (Lipinski definition) is 1. The van der Waals surface area contributed by atoms with E-state index in [1.807, 2.05) is 0 Å². The summed E-state index contributed by atoms with van der Waals surface area (Å²) in [5, 5.41) is 1.51. The summed E-state index contributed by atoms with van der Waals surface area (Å²) in [5.41, 5.74) is 8.48. The molecule has 0 heterocycles. The summed E-state index contributed by atoms with van der Waals surface area (Å²) >= 11 is 0.681. The number of allylic oxidation sites excluding steroid dienone is 4. The summed E-state index contributed by atoms with van der Waals surface area (Å²) in [6.07, 6.45) is 5.51. The van der Waals surface area contributed by atoms with Crippen molar-refractivity contribution in [2.45, 2.75) is 47.2 Å². The molecule has 2 rings (SSSR count). The number of carbonyl (C=O) groups is 1. The van der Waals surface area contributed by atoms with Crippen molar-refractivity contribution < 1.29 is 29.5 Å². The van der Waals surface area contributed by atoms with Crippen LogP contribution in [0.5, 0.6) is 0 Å². The minimum absolute atomic E-state index is 0.0922. The van der Waals surface area contributed by atoms with Gasteiger partial charge in [-0.25, -0.2) is 0 Å². The van der Waals surface area contributed by atoms with Crippen LogP contribution in [-0.4, -0.2) is 14.7 Å². The van der Waals surface area contributed by atoms with Gasteiger partial charge >= 0.3 is 151 Å². The van der Waals surface area contributed by atoms with E-state index in [2.05, 4.69) is 56.2 Å². The van der Waals surface area contributed by atoms with Gasteiger partial charge in [0.15, 0.2) is 0 Å². The molecule has 1 aromatic carbocycles. The van der Waals surface area contributed by atoms with Crippen LogP contribution in [0.25, 0.3) is 5.57 Å². The van der Waals surface area contributed by atoms with Gasteiger partial charge in [-0.1, -0.05) is 0 Å². The number of hydrogen-bond donors (Lipinski definition) is 1. The Labute approximate surface area is 150 Å². The molecule has 0 spiro atoms. The van der Waals surface area contributed by atoms with Crippen LogP contribution in [0.3, 0.4) is 0 Å². The fraction of sp³-hybridized carbons (Fsp3) is 0.389. The Morgan fingerprint density at radius 1 is 1.09 bits per heavy atom. The van der Waals surface area contributed by atoms with Crippen LogP contribution in [0.4, 0.5) is 0 Å². The molecule has 2 nitrogen and oxygen atoms in total. The van der Waals surface area contributed by atoms with E-state index in [-0.39, 0.29) is 5.91 Å². The normalized spacial score (nSPS) is 14.1. The summed E-state index contributed by atoms with van der Waals surface area (Å²) < 4.78 is 2.97. The van der Waals surface area contributed by atoms with Crippen molar-refractivity contribution in [1.29, 1.82) is 0 Å². The molecule has 1 aromatic rings. The third kappa shape index (κ3) is 2.87. The summed E-state index contributed by atoms with van der Waals surface area (Å²) in [5.74, 6) is 0.0922. The monoisotopic (exact) mass is 478 g/mol. The second-order valence-corrected chi connectivity index (χ2v) is 10.2. The Balaban J connectivity index is 2.86. The van der Waals surface area contributed by atoms with Crippen molar-refractivity contribution in [3.63, 3.8) is 0 Å². The molecule has 0 aromatic heterocycles. The van der Waals surface area contributed by atoms with E-state index in [9.17, 15) is 4.79 Å². The summed E-state index contributed by atoms with van der Waals surface area (Å²) in [6, 6.07) is 0. The standard InChI is InChI=1S/C18H25NOSi.Hf/c1-10-11(2)13(4)17(18(19)20)16(12(10)3)14-8-7-9-15(14)21(5)6;/h7,9,21H,8H2,1-6H3,(H2,19,20);/q;+1/p-1. The minimum atomic E-state index is -0.906. The maximum absolute atomic E-state index is 12.6. The Morgan fingerprint density at radius 3 is 2.23 bits per heavy atom. The van der Waals surface area contributed by atoms with E-state index in [0.717, 1.165) is 17.5 Å². The van der Waals surface area contributed by atoms with Crippen molar-refractivity contribution in [3.05, 3.63) is 50.7 Å². The molecular weight excluding hydrogens is 453 g/mol. The topological polar surface area (TPSA) is 29.1 Å². The Morgan fingerprint density at radius 2 is 1.68 bits per heavy atom. The van der Waals surface area contributed by atoms with Gasteiger partial charge in [-0.2, -0.15) is 0 Å². The molecular formula is C18H24HfNOSi. The predicted molar refractivity (Wildman–Crippen MR) is 92.4 cm³/mol. The predicted octanol–water partition coefficient (Wildman–Crippen LogP) is 3.85. The van der Waals surface area contributed by atoms with Crippen molar-refractivity contribution in [2.24, 2.45) is 0 Å². The van der Waals surface area contributed by atoms with Gasteiger partial charge in [0, 0.05) is 0 Å². The molecule has 1 amide bonds. The van der Waals surface area contributed by atoms with Gasteiger partial charge in [0.05, 0.1) is 0 Å². The van der Waals surface area contributed by atoms with Gasteiger partial charge in [0.2, 0.25) is 0 Å². The van der Waals surface area contributed by atoms with Crippen molar-refractivity contribution >= 4 is 20.3 Å². The van der Waals surface area contributed by atoms with E-state index in [1.165, 1.54) is 33.0 Å². The van der Waals surface area contributed by atoms with E-state index in [4.69, 9.17) is 0 Å². The van der Waals surface area contributed by atoms with Crippen LogP contribution in [0.2, 0.25) is 13.1 Å². The molecule has 0 saturated carbocycles. The molecule has 22 heavy (non-hydrogen) atoms. The fourth-order valence-corrected chi connectivity index (χ4v) is 5.27. The SMILES string of the molecule is Cc1c(C)c(C)c(C2=C([SiH](C)C)C=CC2)c(C(=O)[NH][Hf])c1C. The Bertz CT molecular complexity index is 702. The maximum atomic E-state index is 12.6. The van der Waals surface area contributed by atoms with Crippen molar-refractivity contribution in [3.8, 4) is 0 Å². The third-order valence-electron chi connectivity index (χ3n) is 4.92. The van der Waals surface area contributed by atoms with Crippen LogP contribution in [0, 0.1) is 27.7 Å². The first-order chi connectivity index (χ1) is 10.3. The zero-order valence-corrected chi connectivity index (χ0v) is 19.1. The van der Waals surface area contributed by atoms with Crippen LogP contribution in [0.1, 0.15) is 44.6 Å². The zero-order valence-electron chi connectivity index (χ0n) is 14.3. The molecule has 115 valence electrons. The second kappa shape index (κ2) is 6.79. The molecule has 0 atom stereocenters. The van der Waals surface area contributed by atoms with Gasteiger partial charge in [-0.15, -0.1) is 0 Å². The van der Waals surface area contributed by atoms with Crippen molar-refractivity contribution in [1.82, 2.24) is 3.30 Å². The summed E-state index contributed by atoms with van der Waals surface area (Å²) in [6.45, 7) is 13.3. The van der Waals surface area contributed by atoms with Crippen molar-refractivity contribution in [2.75, 3.05) is 0 Å². The van der Waals surface area contributed by atoms with Crippen LogP contribution >= 0.6 is 0 Å². The second-order valence-electron chi connectivity index (χ2n) is 6.40. The number of nitrogens with one attached hydrogen (secondary N) is 1. The third-order valence-corrected chi connectivity index (χ3v) is 7.52.